The van der Waals surface area contributed by atoms with Crippen LogP contribution in [0.2, 0.25) is 0 Å². The van der Waals surface area contributed by atoms with E-state index in [4.69, 9.17) is 4.74 Å². The molecule has 0 saturated carbocycles. The van der Waals surface area contributed by atoms with Crippen molar-refractivity contribution in [2.75, 3.05) is 0 Å². The van der Waals surface area contributed by atoms with E-state index in [0.717, 1.165) is 14.9 Å². The lowest BCUT2D eigenvalue weighted by molar-refractivity contribution is -0.141. The summed E-state index contributed by atoms with van der Waals surface area (Å²) in [5, 5.41) is 3.69. The number of rotatable bonds is 6. The summed E-state index contributed by atoms with van der Waals surface area (Å²) in [5.74, 6) is 0. The number of hydrogen-bond donors (Lipinski definition) is 1. The predicted octanol–water partition coefficient (Wildman–Crippen LogP) is 5.39. The third-order valence-corrected chi connectivity index (χ3v) is 5.09. The Morgan fingerprint density at radius 2 is 1.96 bits per heavy atom. The van der Waals surface area contributed by atoms with Crippen LogP contribution in [0, 0.1) is 0 Å². The van der Waals surface area contributed by atoms with Gasteiger partial charge in [0.2, 0.25) is 0 Å². The van der Waals surface area contributed by atoms with Gasteiger partial charge in [-0.15, -0.1) is 11.3 Å². The number of aromatic nitrogens is 2. The Hall–Kier alpha value is -1.68. The molecule has 2 heterocycles. The quantitative estimate of drug-likeness (QED) is 0.603. The minimum atomic E-state index is -4.48. The highest BCUT2D eigenvalue weighted by molar-refractivity contribution is 9.11. The number of ether oxygens (including phenoxy) is 1. The third-order valence-electron chi connectivity index (χ3n) is 3.55. The number of amides is 1. The molecule has 2 aromatic heterocycles. The van der Waals surface area contributed by atoms with Crippen molar-refractivity contribution in [1.82, 2.24) is 15.3 Å². The maximum atomic E-state index is 12.7. The minimum absolute atomic E-state index is 0.330. The first-order valence-corrected chi connectivity index (χ1v) is 10.1. The lowest BCUT2D eigenvalue weighted by atomic mass is 10.0. The Morgan fingerprint density at radius 3 is 2.46 bits per heavy atom. The van der Waals surface area contributed by atoms with Crippen molar-refractivity contribution in [1.29, 1.82) is 0 Å². The van der Waals surface area contributed by atoms with Crippen LogP contribution < -0.4 is 5.32 Å². The fourth-order valence-corrected chi connectivity index (χ4v) is 3.72. The Morgan fingerprint density at radius 1 is 1.25 bits per heavy atom. The van der Waals surface area contributed by atoms with E-state index in [1.165, 1.54) is 23.6 Å². The molecule has 2 aromatic rings. The average molecular weight is 480 g/mol. The number of aryl methyl sites for hydroxylation is 1. The molecule has 0 radical (unpaired) electrons. The van der Waals surface area contributed by atoms with Gasteiger partial charge in [0.1, 0.15) is 11.3 Å². The van der Waals surface area contributed by atoms with E-state index >= 15 is 0 Å². The Balaban J connectivity index is 2.06. The van der Waals surface area contributed by atoms with Gasteiger partial charge in [0.25, 0.3) is 0 Å². The largest absolute Gasteiger partial charge is 0.444 e. The number of pyridine rings is 1. The fourth-order valence-electron chi connectivity index (χ4n) is 2.40. The third kappa shape index (κ3) is 7.75. The fraction of sp³-hybridized carbons (Fsp3) is 0.500. The standard InChI is InChI=1S/C18H21BrF3N3O2S/c1-17(2,3)27-16(26)25-12(5-7-15-24-10-14(19)28-15)8-11-4-6-13(23-9-11)18(20,21)22/h4,6,9-10,12H,5,7-8H2,1-3H3,(H,25,26)/t12-/m1/s1. The van der Waals surface area contributed by atoms with Crippen molar-refractivity contribution in [3.8, 4) is 0 Å². The van der Waals surface area contributed by atoms with Crippen molar-refractivity contribution >= 4 is 33.4 Å². The van der Waals surface area contributed by atoms with Crippen LogP contribution >= 0.6 is 27.3 Å². The zero-order valence-corrected chi connectivity index (χ0v) is 18.0. The van der Waals surface area contributed by atoms with Crippen molar-refractivity contribution in [2.45, 2.75) is 57.9 Å². The van der Waals surface area contributed by atoms with Crippen LogP contribution in [0.5, 0.6) is 0 Å². The number of thiazole rings is 1. The summed E-state index contributed by atoms with van der Waals surface area (Å²) >= 11 is 4.85. The molecule has 0 aliphatic heterocycles. The van der Waals surface area contributed by atoms with E-state index in [-0.39, 0.29) is 6.04 Å². The number of alkyl carbamates (subject to hydrolysis) is 1. The lowest BCUT2D eigenvalue weighted by Crippen LogP contribution is -2.40. The molecule has 28 heavy (non-hydrogen) atoms. The minimum Gasteiger partial charge on any atom is -0.444 e. The monoisotopic (exact) mass is 479 g/mol. The van der Waals surface area contributed by atoms with Gasteiger partial charge in [-0.25, -0.2) is 9.78 Å². The number of carbonyl (C=O) groups is 1. The molecule has 5 nitrogen and oxygen atoms in total. The first-order chi connectivity index (χ1) is 12.9. The molecule has 0 bridgehead atoms. The Bertz CT molecular complexity index is 789. The second-order valence-corrected chi connectivity index (χ2v) is 9.69. The first-order valence-electron chi connectivity index (χ1n) is 8.54. The van der Waals surface area contributed by atoms with Gasteiger partial charge in [-0.1, -0.05) is 6.07 Å². The molecule has 0 unspecified atom stereocenters. The predicted molar refractivity (Wildman–Crippen MR) is 104 cm³/mol. The Labute approximate surface area is 173 Å². The van der Waals surface area contributed by atoms with Gasteiger partial charge in [-0.2, -0.15) is 13.2 Å². The van der Waals surface area contributed by atoms with E-state index in [1.54, 1.807) is 27.0 Å². The van der Waals surface area contributed by atoms with Crippen molar-refractivity contribution in [3.63, 3.8) is 0 Å². The number of nitrogens with zero attached hydrogens (tertiary/aromatic N) is 2. The van der Waals surface area contributed by atoms with Gasteiger partial charge < -0.3 is 10.1 Å². The van der Waals surface area contributed by atoms with Gasteiger partial charge >= 0.3 is 12.3 Å². The SMILES string of the molecule is CC(C)(C)OC(=O)N[C@H](CCc1ncc(Br)s1)Cc1ccc(C(F)(F)F)nc1. The molecule has 0 aliphatic carbocycles. The first kappa shape index (κ1) is 22.6. The van der Waals surface area contributed by atoms with Crippen molar-refractivity contribution in [3.05, 3.63) is 44.6 Å². The zero-order chi connectivity index (χ0) is 20.9. The van der Waals surface area contributed by atoms with Gasteiger partial charge in [-0.05, 0) is 61.2 Å². The highest BCUT2D eigenvalue weighted by atomic mass is 79.9. The highest BCUT2D eigenvalue weighted by Crippen LogP contribution is 2.27. The number of carbonyl (C=O) groups excluding carboxylic acids is 1. The van der Waals surface area contributed by atoms with Crippen molar-refractivity contribution in [2.24, 2.45) is 0 Å². The van der Waals surface area contributed by atoms with Crippen LogP contribution in [-0.2, 0) is 23.8 Å². The molecule has 10 heteroatoms. The summed E-state index contributed by atoms with van der Waals surface area (Å²) < 4.78 is 44.2. The van der Waals surface area contributed by atoms with E-state index in [9.17, 15) is 18.0 Å². The Kier molecular flexibility index (Phi) is 7.44. The summed E-state index contributed by atoms with van der Waals surface area (Å²) in [5.41, 5.74) is -1.00. The van der Waals surface area contributed by atoms with E-state index < -0.39 is 23.6 Å². The molecular weight excluding hydrogens is 459 g/mol. The molecule has 1 N–H and O–H groups in total. The smallest absolute Gasteiger partial charge is 0.433 e. The maximum Gasteiger partial charge on any atom is 0.433 e. The van der Waals surface area contributed by atoms with E-state index in [2.05, 4.69) is 31.2 Å². The lowest BCUT2D eigenvalue weighted by Gasteiger charge is -2.23. The second kappa shape index (κ2) is 9.21. The normalized spacial score (nSPS) is 13.2. The number of nitrogens with one attached hydrogen (secondary N) is 1. The van der Waals surface area contributed by atoms with Gasteiger partial charge in [0.05, 0.1) is 15.0 Å². The molecule has 1 amide bonds. The van der Waals surface area contributed by atoms with Crippen LogP contribution in [0.4, 0.5) is 18.0 Å². The summed E-state index contributed by atoms with van der Waals surface area (Å²) in [6.45, 7) is 5.28. The van der Waals surface area contributed by atoms with Crippen LogP contribution in [0.15, 0.2) is 28.3 Å². The molecule has 0 saturated heterocycles. The van der Waals surface area contributed by atoms with Gasteiger partial charge in [0.15, 0.2) is 0 Å². The van der Waals surface area contributed by atoms with Crippen LogP contribution in [0.1, 0.15) is 43.5 Å². The molecule has 1 atom stereocenters. The van der Waals surface area contributed by atoms with Crippen LogP contribution in [-0.4, -0.2) is 27.7 Å². The maximum absolute atomic E-state index is 12.7. The summed E-state index contributed by atoms with van der Waals surface area (Å²) in [6.07, 6.45) is -0.659. The average Bonchev–Trinajstić information content (AvgIpc) is 2.96. The summed E-state index contributed by atoms with van der Waals surface area (Å²) in [6, 6.07) is 1.98. The molecule has 2 rings (SSSR count). The van der Waals surface area contributed by atoms with Gasteiger partial charge in [-0.3, -0.25) is 4.98 Å². The van der Waals surface area contributed by atoms with E-state index in [1.807, 2.05) is 0 Å². The zero-order valence-electron chi connectivity index (χ0n) is 15.6. The second-order valence-electron chi connectivity index (χ2n) is 7.19. The molecule has 0 aliphatic rings. The summed E-state index contributed by atoms with van der Waals surface area (Å²) in [4.78, 5) is 19.9. The molecular formula is C18H21BrF3N3O2S. The van der Waals surface area contributed by atoms with E-state index in [0.29, 0.717) is 24.8 Å². The van der Waals surface area contributed by atoms with Crippen LogP contribution in [0.25, 0.3) is 0 Å². The number of hydrogen-bond acceptors (Lipinski definition) is 5. The topological polar surface area (TPSA) is 64.1 Å². The summed E-state index contributed by atoms with van der Waals surface area (Å²) in [7, 11) is 0. The molecule has 0 aromatic carbocycles. The molecule has 0 fully saturated rings. The highest BCUT2D eigenvalue weighted by Gasteiger charge is 2.32. The molecule has 0 spiro atoms. The van der Waals surface area contributed by atoms with Crippen LogP contribution in [0.3, 0.4) is 0 Å². The van der Waals surface area contributed by atoms with Crippen molar-refractivity contribution < 1.29 is 22.7 Å². The number of alkyl halides is 3. The van der Waals surface area contributed by atoms with Gasteiger partial charge in [0, 0.05) is 18.7 Å². The molecule has 154 valence electrons. The number of halogens is 4.